The summed E-state index contributed by atoms with van der Waals surface area (Å²) in [6.45, 7) is 2.35. The van der Waals surface area contributed by atoms with Crippen LogP contribution in [0.15, 0.2) is 11.6 Å². The lowest BCUT2D eigenvalue weighted by Crippen LogP contribution is -2.40. The zero-order valence-electron chi connectivity index (χ0n) is 10.3. The van der Waals surface area contributed by atoms with Crippen LogP contribution in [0.2, 0.25) is 0 Å². The van der Waals surface area contributed by atoms with Gasteiger partial charge >= 0.3 is 5.82 Å². The fourth-order valence-electron chi connectivity index (χ4n) is 1.70. The summed E-state index contributed by atoms with van der Waals surface area (Å²) in [6, 6.07) is 0. The molecule has 0 saturated heterocycles. The Kier molecular flexibility index (Phi) is 3.55. The molecule has 1 aliphatic heterocycles. The summed E-state index contributed by atoms with van der Waals surface area (Å²) in [7, 11) is 3.75. The van der Waals surface area contributed by atoms with E-state index in [4.69, 9.17) is 0 Å². The second-order valence-corrected chi connectivity index (χ2v) is 4.47. The Labute approximate surface area is 108 Å². The summed E-state index contributed by atoms with van der Waals surface area (Å²) in [4.78, 5) is 17.7. The fraction of sp³-hybridized carbons (Fsp3) is 0.444. The van der Waals surface area contributed by atoms with Crippen molar-refractivity contribution in [2.45, 2.75) is 13.5 Å². The van der Waals surface area contributed by atoms with Crippen molar-refractivity contribution in [3.8, 4) is 0 Å². The molecule has 0 aromatic carbocycles. The minimum Gasteiger partial charge on any atom is -0.358 e. The van der Waals surface area contributed by atoms with Crippen molar-refractivity contribution in [1.29, 1.82) is 0 Å². The molecule has 1 aliphatic rings. The number of hydrogen-bond donors (Lipinski definition) is 1. The first kappa shape index (κ1) is 12.9. The zero-order chi connectivity index (χ0) is 13.3. The van der Waals surface area contributed by atoms with Crippen molar-refractivity contribution >= 4 is 23.5 Å². The van der Waals surface area contributed by atoms with Gasteiger partial charge in [0.05, 0.1) is 6.54 Å². The van der Waals surface area contributed by atoms with Crippen molar-refractivity contribution in [2.24, 2.45) is 0 Å². The first-order valence-corrected chi connectivity index (χ1v) is 6.23. The SMILES string of the molecule is CCn1c([N+](=O)[O-])cnc1C1=CSNN1N(C)C. The van der Waals surface area contributed by atoms with Gasteiger partial charge < -0.3 is 10.1 Å². The lowest BCUT2D eigenvalue weighted by atomic mass is 10.4. The molecular formula is C9H14N6O2S. The molecule has 0 amide bonds. The quantitative estimate of drug-likeness (QED) is 0.497. The molecule has 0 spiro atoms. The highest BCUT2D eigenvalue weighted by atomic mass is 32.2. The molecule has 1 N–H and O–H groups in total. The van der Waals surface area contributed by atoms with Gasteiger partial charge in [-0.2, -0.15) is 4.83 Å². The standard InChI is InChI=1S/C9H14N6O2S/c1-4-13-8(15(16)17)5-10-9(13)7-6-18-11-14(7)12(2)3/h5-6,11H,4H2,1-3H3. The molecule has 0 atom stereocenters. The maximum absolute atomic E-state index is 10.9. The largest absolute Gasteiger partial charge is 0.358 e. The molecule has 1 aromatic rings. The fourth-order valence-corrected chi connectivity index (χ4v) is 2.44. The van der Waals surface area contributed by atoms with Crippen LogP contribution in [0.25, 0.3) is 5.70 Å². The maximum Gasteiger partial charge on any atom is 0.343 e. The van der Waals surface area contributed by atoms with Gasteiger partial charge in [-0.15, -0.1) is 0 Å². The smallest absolute Gasteiger partial charge is 0.343 e. The molecule has 0 bridgehead atoms. The molecule has 18 heavy (non-hydrogen) atoms. The predicted octanol–water partition coefficient (Wildman–Crippen LogP) is 1.05. The van der Waals surface area contributed by atoms with E-state index in [2.05, 4.69) is 9.82 Å². The highest BCUT2D eigenvalue weighted by Gasteiger charge is 2.29. The Hall–Kier alpha value is -1.58. The molecule has 0 saturated carbocycles. The lowest BCUT2D eigenvalue weighted by Gasteiger charge is -2.26. The summed E-state index contributed by atoms with van der Waals surface area (Å²) in [5.74, 6) is 0.583. The van der Waals surface area contributed by atoms with Gasteiger partial charge in [0.1, 0.15) is 11.9 Å². The van der Waals surface area contributed by atoms with E-state index in [9.17, 15) is 10.1 Å². The van der Waals surface area contributed by atoms with Gasteiger partial charge in [0.2, 0.25) is 5.82 Å². The highest BCUT2D eigenvalue weighted by molar-refractivity contribution is 8.00. The number of imidazole rings is 1. The van der Waals surface area contributed by atoms with Gasteiger partial charge in [0, 0.05) is 19.5 Å². The van der Waals surface area contributed by atoms with Crippen molar-refractivity contribution in [3.05, 3.63) is 27.5 Å². The Morgan fingerprint density at radius 3 is 2.89 bits per heavy atom. The molecule has 1 aromatic heterocycles. The number of rotatable bonds is 4. The Balaban J connectivity index is 2.42. The topological polar surface area (TPSA) is 79.5 Å². The first-order valence-electron chi connectivity index (χ1n) is 5.35. The average molecular weight is 270 g/mol. The molecule has 0 aliphatic carbocycles. The second-order valence-electron chi connectivity index (χ2n) is 3.81. The third kappa shape index (κ3) is 2.07. The molecule has 8 nitrogen and oxygen atoms in total. The molecule has 98 valence electrons. The molecule has 0 radical (unpaired) electrons. The van der Waals surface area contributed by atoms with E-state index in [1.54, 1.807) is 9.69 Å². The Morgan fingerprint density at radius 1 is 1.61 bits per heavy atom. The van der Waals surface area contributed by atoms with Crippen LogP contribution in [-0.2, 0) is 6.54 Å². The summed E-state index contributed by atoms with van der Waals surface area (Å²) in [6.07, 6.45) is 1.29. The van der Waals surface area contributed by atoms with Crippen LogP contribution in [0.1, 0.15) is 12.7 Å². The van der Waals surface area contributed by atoms with Crippen LogP contribution in [0.4, 0.5) is 5.82 Å². The summed E-state index contributed by atoms with van der Waals surface area (Å²) in [5, 5.41) is 16.4. The van der Waals surface area contributed by atoms with Gasteiger partial charge in [-0.1, -0.05) is 0 Å². The van der Waals surface area contributed by atoms with Crippen LogP contribution < -0.4 is 4.83 Å². The first-order chi connectivity index (χ1) is 8.56. The Bertz CT molecular complexity index is 497. The third-order valence-electron chi connectivity index (χ3n) is 2.50. The van der Waals surface area contributed by atoms with Gasteiger partial charge in [-0.25, -0.2) is 19.7 Å². The van der Waals surface area contributed by atoms with E-state index in [1.807, 2.05) is 31.4 Å². The summed E-state index contributed by atoms with van der Waals surface area (Å²) < 4.78 is 1.58. The van der Waals surface area contributed by atoms with Crippen molar-refractivity contribution in [2.75, 3.05) is 14.1 Å². The average Bonchev–Trinajstić information content (AvgIpc) is 2.94. The lowest BCUT2D eigenvalue weighted by molar-refractivity contribution is -0.392. The molecule has 0 unspecified atom stereocenters. The van der Waals surface area contributed by atoms with E-state index < -0.39 is 4.92 Å². The van der Waals surface area contributed by atoms with E-state index in [-0.39, 0.29) is 5.82 Å². The number of nitro groups is 1. The van der Waals surface area contributed by atoms with Crippen LogP contribution >= 0.6 is 11.9 Å². The van der Waals surface area contributed by atoms with Crippen LogP contribution in [0.3, 0.4) is 0 Å². The van der Waals surface area contributed by atoms with Gasteiger partial charge in [0.25, 0.3) is 0 Å². The summed E-state index contributed by atoms with van der Waals surface area (Å²) >= 11 is 1.40. The predicted molar refractivity (Wildman–Crippen MR) is 68.8 cm³/mol. The maximum atomic E-state index is 10.9. The van der Waals surface area contributed by atoms with E-state index >= 15 is 0 Å². The minimum absolute atomic E-state index is 0.00371. The molecule has 2 rings (SSSR count). The molecule has 9 heteroatoms. The monoisotopic (exact) mass is 270 g/mol. The van der Waals surface area contributed by atoms with Crippen molar-refractivity contribution < 1.29 is 4.92 Å². The Morgan fingerprint density at radius 2 is 2.33 bits per heavy atom. The van der Waals surface area contributed by atoms with E-state index in [0.717, 1.165) is 5.70 Å². The van der Waals surface area contributed by atoms with E-state index in [0.29, 0.717) is 12.4 Å². The molecular weight excluding hydrogens is 256 g/mol. The molecule has 2 heterocycles. The number of nitrogens with zero attached hydrogens (tertiary/aromatic N) is 5. The highest BCUT2D eigenvalue weighted by Crippen LogP contribution is 2.29. The molecule has 0 fully saturated rings. The van der Waals surface area contributed by atoms with Gasteiger partial charge in [-0.3, -0.25) is 0 Å². The third-order valence-corrected chi connectivity index (χ3v) is 3.12. The zero-order valence-corrected chi connectivity index (χ0v) is 11.1. The van der Waals surface area contributed by atoms with Crippen LogP contribution in [-0.4, -0.2) is 38.7 Å². The minimum atomic E-state index is -0.421. The number of hydrazine groups is 2. The van der Waals surface area contributed by atoms with Gasteiger partial charge in [-0.05, 0) is 23.8 Å². The van der Waals surface area contributed by atoms with Crippen molar-refractivity contribution in [1.82, 2.24) is 24.5 Å². The number of hydrogen-bond acceptors (Lipinski definition) is 7. The van der Waals surface area contributed by atoms with Crippen molar-refractivity contribution in [3.63, 3.8) is 0 Å². The van der Waals surface area contributed by atoms with E-state index in [1.165, 1.54) is 18.1 Å². The van der Waals surface area contributed by atoms with Crippen LogP contribution in [0.5, 0.6) is 0 Å². The van der Waals surface area contributed by atoms with Crippen LogP contribution in [0, 0.1) is 10.1 Å². The normalized spacial score (nSPS) is 15.3. The summed E-state index contributed by atoms with van der Waals surface area (Å²) in [5.41, 5.74) is 0.792. The second kappa shape index (κ2) is 4.96. The number of nitrogens with one attached hydrogen (secondary N) is 1. The van der Waals surface area contributed by atoms with Gasteiger partial charge in [0.15, 0.2) is 0 Å². The number of aromatic nitrogens is 2.